The van der Waals surface area contributed by atoms with Crippen molar-refractivity contribution in [1.82, 2.24) is 4.90 Å². The molecule has 1 aliphatic heterocycles. The Hall–Kier alpha value is -1.82. The Morgan fingerprint density at radius 1 is 1.35 bits per heavy atom. The summed E-state index contributed by atoms with van der Waals surface area (Å²) >= 11 is 0. The molecule has 1 fully saturated rings. The quantitative estimate of drug-likeness (QED) is 0.868. The van der Waals surface area contributed by atoms with Gasteiger partial charge in [-0.2, -0.15) is 0 Å². The van der Waals surface area contributed by atoms with Crippen LogP contribution in [-0.4, -0.2) is 37.1 Å². The van der Waals surface area contributed by atoms with E-state index in [1.807, 2.05) is 18.2 Å². The minimum Gasteiger partial charge on any atom is -0.467 e. The number of nitrogens with two attached hydrogens (primary N) is 1. The number of hydrogen-bond acceptors (Lipinski definition) is 5. The van der Waals surface area contributed by atoms with Crippen LogP contribution < -0.4 is 5.73 Å². The fourth-order valence-corrected chi connectivity index (χ4v) is 3.00. The van der Waals surface area contributed by atoms with E-state index in [-0.39, 0.29) is 24.4 Å². The predicted octanol–water partition coefficient (Wildman–Crippen LogP) is 2.41. The normalized spacial score (nSPS) is 21.0. The van der Waals surface area contributed by atoms with Gasteiger partial charge in [-0.25, -0.2) is 4.79 Å². The van der Waals surface area contributed by atoms with Crippen LogP contribution in [0.1, 0.15) is 27.6 Å². The molecule has 5 nitrogen and oxygen atoms in total. The van der Waals surface area contributed by atoms with E-state index >= 15 is 0 Å². The Morgan fingerprint density at radius 3 is 2.78 bits per heavy atom. The number of rotatable bonds is 4. The van der Waals surface area contributed by atoms with Gasteiger partial charge in [0.15, 0.2) is 0 Å². The first-order valence-electron chi connectivity index (χ1n) is 7.36. The number of ether oxygens (including phenoxy) is 1. The molecule has 2 aromatic rings. The first-order chi connectivity index (χ1) is 10.7. The highest BCUT2D eigenvalue weighted by Gasteiger charge is 2.31. The van der Waals surface area contributed by atoms with Gasteiger partial charge in [0.05, 0.1) is 19.2 Å². The van der Waals surface area contributed by atoms with Crippen LogP contribution in [0.15, 0.2) is 47.1 Å². The molecule has 2 atom stereocenters. The lowest BCUT2D eigenvalue weighted by Gasteiger charge is -2.15. The molecule has 1 aromatic carbocycles. The topological polar surface area (TPSA) is 68.7 Å². The molecule has 2 N–H and O–H groups in total. The second-order valence-electron chi connectivity index (χ2n) is 5.67. The molecule has 0 radical (unpaired) electrons. The summed E-state index contributed by atoms with van der Waals surface area (Å²) in [5, 5.41) is 0. The lowest BCUT2D eigenvalue weighted by molar-refractivity contribution is 0.0600. The van der Waals surface area contributed by atoms with Crippen molar-refractivity contribution in [2.24, 2.45) is 5.73 Å². The summed E-state index contributed by atoms with van der Waals surface area (Å²) < 4.78 is 10.1. The predicted molar refractivity (Wildman–Crippen MR) is 89.7 cm³/mol. The standard InChI is InChI=1S/C17H20N2O3.ClH/c1-21-17(20)13-7-14(22-11-13)8-19-9-15(16(18)10-19)12-5-3-2-4-6-12;/h2-7,11,15-16H,8-10,18H2,1H3;1H/t15-,16+;/m0./s1. The third-order valence-electron chi connectivity index (χ3n) is 4.12. The minimum atomic E-state index is -0.379. The van der Waals surface area contributed by atoms with Gasteiger partial charge in [0, 0.05) is 25.0 Å². The molecule has 0 aliphatic carbocycles. The monoisotopic (exact) mass is 336 g/mol. The summed E-state index contributed by atoms with van der Waals surface area (Å²) in [5.74, 6) is 0.702. The van der Waals surface area contributed by atoms with Gasteiger partial charge >= 0.3 is 5.97 Å². The average molecular weight is 337 g/mol. The van der Waals surface area contributed by atoms with Crippen molar-refractivity contribution < 1.29 is 13.9 Å². The Kier molecular flexibility index (Phi) is 5.82. The van der Waals surface area contributed by atoms with Crippen molar-refractivity contribution in [3.05, 3.63) is 59.5 Å². The molecule has 0 spiro atoms. The number of methoxy groups -OCH3 is 1. The highest BCUT2D eigenvalue weighted by atomic mass is 35.5. The Morgan fingerprint density at radius 2 is 2.09 bits per heavy atom. The molecule has 23 heavy (non-hydrogen) atoms. The molecule has 0 saturated carbocycles. The number of furan rings is 1. The van der Waals surface area contributed by atoms with E-state index in [0.717, 1.165) is 18.8 Å². The van der Waals surface area contributed by atoms with Gasteiger partial charge in [-0.1, -0.05) is 30.3 Å². The highest BCUT2D eigenvalue weighted by Crippen LogP contribution is 2.27. The molecule has 1 aromatic heterocycles. The van der Waals surface area contributed by atoms with Gasteiger partial charge in [-0.3, -0.25) is 4.90 Å². The second kappa shape index (κ2) is 7.64. The number of carbonyl (C=O) groups is 1. The summed E-state index contributed by atoms with van der Waals surface area (Å²) in [4.78, 5) is 13.7. The van der Waals surface area contributed by atoms with Crippen molar-refractivity contribution in [1.29, 1.82) is 0 Å². The third-order valence-corrected chi connectivity index (χ3v) is 4.12. The first-order valence-corrected chi connectivity index (χ1v) is 7.36. The van der Waals surface area contributed by atoms with E-state index in [0.29, 0.717) is 18.0 Å². The maximum Gasteiger partial charge on any atom is 0.341 e. The van der Waals surface area contributed by atoms with Crippen LogP contribution in [0.3, 0.4) is 0 Å². The fourth-order valence-electron chi connectivity index (χ4n) is 3.00. The van der Waals surface area contributed by atoms with Crippen LogP contribution in [0, 0.1) is 0 Å². The molecule has 2 heterocycles. The third kappa shape index (κ3) is 3.93. The number of benzene rings is 1. The van der Waals surface area contributed by atoms with Crippen LogP contribution in [0.5, 0.6) is 0 Å². The van der Waals surface area contributed by atoms with E-state index in [9.17, 15) is 4.79 Å². The number of esters is 1. The molecule has 0 unspecified atom stereocenters. The van der Waals surface area contributed by atoms with E-state index in [1.165, 1.54) is 18.9 Å². The van der Waals surface area contributed by atoms with Crippen molar-refractivity contribution >= 4 is 18.4 Å². The molecule has 1 saturated heterocycles. The van der Waals surface area contributed by atoms with E-state index in [2.05, 4.69) is 21.8 Å². The SMILES string of the molecule is COC(=O)c1coc(CN2C[C@@H](N)[C@H](c3ccccc3)C2)c1.Cl. The number of halogens is 1. The Bertz CT molecular complexity index is 644. The fraction of sp³-hybridized carbons (Fsp3) is 0.353. The number of hydrogen-bond donors (Lipinski definition) is 1. The van der Waals surface area contributed by atoms with Crippen LogP contribution >= 0.6 is 12.4 Å². The molecule has 124 valence electrons. The Labute approximate surface area is 141 Å². The summed E-state index contributed by atoms with van der Waals surface area (Å²) in [6.45, 7) is 2.35. The second-order valence-corrected chi connectivity index (χ2v) is 5.67. The van der Waals surface area contributed by atoms with Gasteiger partial charge in [-0.05, 0) is 11.6 Å². The zero-order chi connectivity index (χ0) is 15.5. The zero-order valence-electron chi connectivity index (χ0n) is 13.0. The largest absolute Gasteiger partial charge is 0.467 e. The van der Waals surface area contributed by atoms with Gasteiger partial charge in [-0.15, -0.1) is 12.4 Å². The van der Waals surface area contributed by atoms with Crippen LogP contribution in [0.25, 0.3) is 0 Å². The molecule has 3 rings (SSSR count). The average Bonchev–Trinajstić information content (AvgIpc) is 3.14. The van der Waals surface area contributed by atoms with Gasteiger partial charge in [0.25, 0.3) is 0 Å². The summed E-state index contributed by atoms with van der Waals surface area (Å²) in [6.07, 6.45) is 1.44. The number of nitrogens with zero attached hydrogens (tertiary/aromatic N) is 1. The first kappa shape index (κ1) is 17.5. The van der Waals surface area contributed by atoms with E-state index < -0.39 is 0 Å². The van der Waals surface area contributed by atoms with Crippen molar-refractivity contribution in [2.75, 3.05) is 20.2 Å². The molecule has 6 heteroatoms. The smallest absolute Gasteiger partial charge is 0.341 e. The summed E-state index contributed by atoms with van der Waals surface area (Å²) in [5.41, 5.74) is 8.00. The number of likely N-dealkylation sites (tertiary alicyclic amines) is 1. The van der Waals surface area contributed by atoms with Crippen molar-refractivity contribution in [2.45, 2.75) is 18.5 Å². The van der Waals surface area contributed by atoms with Crippen LogP contribution in [0.4, 0.5) is 0 Å². The van der Waals surface area contributed by atoms with E-state index in [1.54, 1.807) is 6.07 Å². The Balaban J connectivity index is 0.00000192. The van der Waals surface area contributed by atoms with Gasteiger partial charge in [0.2, 0.25) is 0 Å². The molecule has 1 aliphatic rings. The van der Waals surface area contributed by atoms with Crippen LogP contribution in [0.2, 0.25) is 0 Å². The highest BCUT2D eigenvalue weighted by molar-refractivity contribution is 5.88. The maximum absolute atomic E-state index is 11.4. The zero-order valence-corrected chi connectivity index (χ0v) is 13.8. The molecule has 0 amide bonds. The number of carbonyl (C=O) groups excluding carboxylic acids is 1. The summed E-state index contributed by atoms with van der Waals surface area (Å²) in [6, 6.07) is 12.2. The molecular weight excluding hydrogens is 316 g/mol. The lowest BCUT2D eigenvalue weighted by Crippen LogP contribution is -2.28. The van der Waals surface area contributed by atoms with Gasteiger partial charge in [0.1, 0.15) is 12.0 Å². The molecule has 0 bridgehead atoms. The molecular formula is C17H21ClN2O3. The summed E-state index contributed by atoms with van der Waals surface area (Å²) in [7, 11) is 1.36. The van der Waals surface area contributed by atoms with Crippen LogP contribution in [-0.2, 0) is 11.3 Å². The van der Waals surface area contributed by atoms with E-state index in [4.69, 9.17) is 10.2 Å². The van der Waals surface area contributed by atoms with Crippen molar-refractivity contribution in [3.63, 3.8) is 0 Å². The minimum absolute atomic E-state index is 0. The van der Waals surface area contributed by atoms with Gasteiger partial charge < -0.3 is 14.9 Å². The lowest BCUT2D eigenvalue weighted by atomic mass is 9.95. The maximum atomic E-state index is 11.4. The van der Waals surface area contributed by atoms with Crippen molar-refractivity contribution in [3.8, 4) is 0 Å².